The van der Waals surface area contributed by atoms with Crippen molar-refractivity contribution in [2.45, 2.75) is 70.7 Å². The Kier molecular flexibility index (Phi) is 4.97. The van der Waals surface area contributed by atoms with Gasteiger partial charge in [-0.2, -0.15) is 0 Å². The summed E-state index contributed by atoms with van der Waals surface area (Å²) in [6, 6.07) is 12.1. The Bertz CT molecular complexity index is 416. The summed E-state index contributed by atoms with van der Waals surface area (Å²) in [5, 5.41) is 0. The van der Waals surface area contributed by atoms with Crippen molar-refractivity contribution in [2.75, 3.05) is 6.54 Å². The van der Waals surface area contributed by atoms with Gasteiger partial charge in [-0.15, -0.1) is 0 Å². The summed E-state index contributed by atoms with van der Waals surface area (Å²) in [5.74, 6) is 0.816. The minimum atomic E-state index is 0.470. The lowest BCUT2D eigenvalue weighted by atomic mass is 9.98. The highest BCUT2D eigenvalue weighted by molar-refractivity contribution is 5.13. The van der Waals surface area contributed by atoms with Gasteiger partial charge in [0, 0.05) is 12.1 Å². The number of rotatable bonds is 6. The van der Waals surface area contributed by atoms with Gasteiger partial charge in [-0.1, -0.05) is 44.2 Å². The molecule has 1 aromatic carbocycles. The van der Waals surface area contributed by atoms with Crippen molar-refractivity contribution < 1.29 is 4.74 Å². The molecule has 2 aliphatic heterocycles. The molecule has 2 aliphatic rings. The zero-order chi connectivity index (χ0) is 14.7. The molecular formula is C19H29NO. The molecule has 21 heavy (non-hydrogen) atoms. The van der Waals surface area contributed by atoms with Gasteiger partial charge in [-0.05, 0) is 50.1 Å². The second kappa shape index (κ2) is 6.93. The van der Waals surface area contributed by atoms with Crippen LogP contribution in [0.5, 0.6) is 0 Å². The van der Waals surface area contributed by atoms with E-state index in [1.165, 1.54) is 44.2 Å². The summed E-state index contributed by atoms with van der Waals surface area (Å²) in [6.45, 7) is 6.73. The first-order valence-corrected chi connectivity index (χ1v) is 8.63. The van der Waals surface area contributed by atoms with Crippen molar-refractivity contribution in [2.24, 2.45) is 5.92 Å². The van der Waals surface area contributed by atoms with Crippen molar-refractivity contribution in [1.82, 2.24) is 4.90 Å². The van der Waals surface area contributed by atoms with Gasteiger partial charge >= 0.3 is 0 Å². The Hall–Kier alpha value is -0.860. The van der Waals surface area contributed by atoms with Crippen LogP contribution < -0.4 is 0 Å². The Morgan fingerprint density at radius 2 is 1.76 bits per heavy atom. The van der Waals surface area contributed by atoms with Crippen molar-refractivity contribution in [3.8, 4) is 0 Å². The molecule has 2 saturated heterocycles. The van der Waals surface area contributed by atoms with Gasteiger partial charge in [0.2, 0.25) is 0 Å². The van der Waals surface area contributed by atoms with E-state index in [1.807, 2.05) is 0 Å². The molecule has 2 heteroatoms. The first-order chi connectivity index (χ1) is 10.2. The molecule has 3 rings (SSSR count). The van der Waals surface area contributed by atoms with Crippen molar-refractivity contribution >= 4 is 0 Å². The fourth-order valence-corrected chi connectivity index (χ4v) is 3.92. The predicted octanol–water partition coefficient (Wildman–Crippen LogP) is 4.24. The van der Waals surface area contributed by atoms with Crippen LogP contribution in [-0.2, 0) is 11.3 Å². The maximum Gasteiger partial charge on any atom is 0.0720 e. The normalized spacial score (nSPS) is 29.2. The minimum absolute atomic E-state index is 0.470. The molecule has 2 bridgehead atoms. The van der Waals surface area contributed by atoms with Gasteiger partial charge in [-0.25, -0.2) is 0 Å². The quantitative estimate of drug-likeness (QED) is 0.775. The van der Waals surface area contributed by atoms with E-state index in [2.05, 4.69) is 49.1 Å². The summed E-state index contributed by atoms with van der Waals surface area (Å²) in [6.07, 6.45) is 7.05. The second-order valence-corrected chi connectivity index (χ2v) is 7.20. The highest BCUT2D eigenvalue weighted by atomic mass is 16.5. The molecule has 0 spiro atoms. The van der Waals surface area contributed by atoms with Crippen LogP contribution in [0.1, 0.15) is 51.5 Å². The smallest absolute Gasteiger partial charge is 0.0720 e. The van der Waals surface area contributed by atoms with Gasteiger partial charge in [0.1, 0.15) is 0 Å². The molecule has 2 nitrogen and oxygen atoms in total. The van der Waals surface area contributed by atoms with Crippen molar-refractivity contribution in [3.05, 3.63) is 35.9 Å². The van der Waals surface area contributed by atoms with Crippen LogP contribution in [0, 0.1) is 5.92 Å². The molecule has 1 aromatic rings. The van der Waals surface area contributed by atoms with E-state index >= 15 is 0 Å². The number of benzene rings is 1. The zero-order valence-electron chi connectivity index (χ0n) is 13.5. The van der Waals surface area contributed by atoms with Crippen LogP contribution >= 0.6 is 0 Å². The van der Waals surface area contributed by atoms with Crippen LogP contribution in [0.3, 0.4) is 0 Å². The second-order valence-electron chi connectivity index (χ2n) is 7.20. The topological polar surface area (TPSA) is 12.5 Å². The molecule has 0 radical (unpaired) electrons. The average molecular weight is 287 g/mol. The Labute approximate surface area is 129 Å². The summed E-state index contributed by atoms with van der Waals surface area (Å²) in [4.78, 5) is 2.78. The van der Waals surface area contributed by atoms with Crippen LogP contribution in [0.2, 0.25) is 0 Å². The molecular weight excluding hydrogens is 258 g/mol. The van der Waals surface area contributed by atoms with Gasteiger partial charge in [0.05, 0.1) is 12.7 Å². The molecule has 0 saturated carbocycles. The van der Waals surface area contributed by atoms with E-state index in [4.69, 9.17) is 4.74 Å². The number of ether oxygens (including phenoxy) is 1. The lowest BCUT2D eigenvalue weighted by molar-refractivity contribution is -0.0290. The molecule has 1 unspecified atom stereocenters. The van der Waals surface area contributed by atoms with E-state index in [1.54, 1.807) is 0 Å². The number of nitrogens with zero attached hydrogens (tertiary/aromatic N) is 1. The van der Waals surface area contributed by atoms with E-state index in [9.17, 15) is 0 Å². The largest absolute Gasteiger partial charge is 0.373 e. The Balaban J connectivity index is 1.49. The van der Waals surface area contributed by atoms with Crippen molar-refractivity contribution in [3.63, 3.8) is 0 Å². The average Bonchev–Trinajstić information content (AvgIpc) is 2.73. The third kappa shape index (κ3) is 3.87. The highest BCUT2D eigenvalue weighted by Crippen LogP contribution is 2.37. The number of piperidine rings is 1. The first kappa shape index (κ1) is 15.1. The number of hydrogen-bond acceptors (Lipinski definition) is 2. The fourth-order valence-electron chi connectivity index (χ4n) is 3.92. The number of hydrogen-bond donors (Lipinski definition) is 0. The van der Waals surface area contributed by atoms with E-state index in [-0.39, 0.29) is 0 Å². The SMILES string of the molecule is CC(C)CCN1[C@@H]2CC[C@H]1CC(OCc1ccccc1)C2. The molecule has 2 heterocycles. The zero-order valence-corrected chi connectivity index (χ0v) is 13.5. The maximum absolute atomic E-state index is 6.20. The standard InChI is InChI=1S/C19H29NO/c1-15(2)10-11-20-17-8-9-18(20)13-19(12-17)21-14-16-6-4-3-5-7-16/h3-7,15,17-19H,8-14H2,1-2H3/t17-,18+,19?. The van der Waals surface area contributed by atoms with Crippen molar-refractivity contribution in [1.29, 1.82) is 0 Å². The molecule has 2 fully saturated rings. The number of fused-ring (bicyclic) bond motifs is 2. The summed E-state index contributed by atoms with van der Waals surface area (Å²) >= 11 is 0. The maximum atomic E-state index is 6.20. The van der Waals surface area contributed by atoms with Crippen LogP contribution in [0.25, 0.3) is 0 Å². The Morgan fingerprint density at radius 1 is 1.10 bits per heavy atom. The van der Waals surface area contributed by atoms with Gasteiger partial charge in [0.15, 0.2) is 0 Å². The minimum Gasteiger partial charge on any atom is -0.373 e. The fraction of sp³-hybridized carbons (Fsp3) is 0.684. The third-order valence-corrected chi connectivity index (χ3v) is 5.13. The lowest BCUT2D eigenvalue weighted by Crippen LogP contribution is -2.45. The molecule has 3 atom stereocenters. The van der Waals surface area contributed by atoms with Crippen LogP contribution in [-0.4, -0.2) is 29.6 Å². The molecule has 116 valence electrons. The molecule has 0 aliphatic carbocycles. The van der Waals surface area contributed by atoms with Gasteiger partial charge in [-0.3, -0.25) is 4.90 Å². The molecule has 0 amide bonds. The van der Waals surface area contributed by atoms with Crippen LogP contribution in [0.4, 0.5) is 0 Å². The predicted molar refractivity (Wildman–Crippen MR) is 87.2 cm³/mol. The van der Waals surface area contributed by atoms with Gasteiger partial charge < -0.3 is 4.74 Å². The van der Waals surface area contributed by atoms with Gasteiger partial charge in [0.25, 0.3) is 0 Å². The summed E-state index contributed by atoms with van der Waals surface area (Å²) in [5.41, 5.74) is 1.30. The summed E-state index contributed by atoms with van der Waals surface area (Å²) < 4.78 is 6.20. The molecule has 0 aromatic heterocycles. The molecule has 0 N–H and O–H groups in total. The van der Waals surface area contributed by atoms with Crippen LogP contribution in [0.15, 0.2) is 30.3 Å². The highest BCUT2D eigenvalue weighted by Gasteiger charge is 2.40. The lowest BCUT2D eigenvalue weighted by Gasteiger charge is -2.39. The summed E-state index contributed by atoms with van der Waals surface area (Å²) in [7, 11) is 0. The van der Waals surface area contributed by atoms with E-state index < -0.39 is 0 Å². The monoisotopic (exact) mass is 287 g/mol. The third-order valence-electron chi connectivity index (χ3n) is 5.13. The van der Waals surface area contributed by atoms with E-state index in [0.29, 0.717) is 6.10 Å². The first-order valence-electron chi connectivity index (χ1n) is 8.63. The Morgan fingerprint density at radius 3 is 2.38 bits per heavy atom. The van der Waals surface area contributed by atoms with E-state index in [0.717, 1.165) is 24.6 Å².